The Morgan fingerprint density at radius 3 is 2.32 bits per heavy atom. The van der Waals surface area contributed by atoms with E-state index in [-0.39, 0.29) is 35.0 Å². The van der Waals surface area contributed by atoms with E-state index in [0.717, 1.165) is 12.8 Å². The Balaban J connectivity index is 0.000000162. The van der Waals surface area contributed by atoms with Crippen LogP contribution in [0.1, 0.15) is 59.3 Å². The van der Waals surface area contributed by atoms with Crippen molar-refractivity contribution in [2.24, 2.45) is 40.2 Å². The normalized spacial score (nSPS) is 40.3. The van der Waals surface area contributed by atoms with Gasteiger partial charge in [0.15, 0.2) is 0 Å². The van der Waals surface area contributed by atoms with E-state index < -0.39 is 21.3 Å². The summed E-state index contributed by atoms with van der Waals surface area (Å²) < 4.78 is 36.0. The van der Waals surface area contributed by atoms with Crippen molar-refractivity contribution in [2.75, 3.05) is 12.4 Å². The molecule has 0 aromatic rings. The summed E-state index contributed by atoms with van der Waals surface area (Å²) in [4.78, 5) is 23.4. The molecule has 8 heteroatoms. The van der Waals surface area contributed by atoms with Gasteiger partial charge in [-0.15, -0.1) is 0 Å². The molecule has 4 rings (SSSR count). The number of rotatable bonds is 4. The van der Waals surface area contributed by atoms with E-state index in [4.69, 9.17) is 15.0 Å². The number of hydrogen-bond donors (Lipinski definition) is 2. The van der Waals surface area contributed by atoms with Crippen molar-refractivity contribution >= 4 is 21.9 Å². The number of carbonyl (C=O) groups excluding carboxylic acids is 2. The van der Waals surface area contributed by atoms with Crippen LogP contribution in [0.4, 0.5) is 0 Å². The van der Waals surface area contributed by atoms with E-state index in [1.165, 1.54) is 12.8 Å². The van der Waals surface area contributed by atoms with E-state index >= 15 is 0 Å². The first-order chi connectivity index (χ1) is 12.9. The summed E-state index contributed by atoms with van der Waals surface area (Å²) in [6.07, 6.45) is 5.49. The summed E-state index contributed by atoms with van der Waals surface area (Å²) >= 11 is 0. The second-order valence-electron chi connectivity index (χ2n) is 9.58. The summed E-state index contributed by atoms with van der Waals surface area (Å²) in [6.45, 7) is 6.21. The summed E-state index contributed by atoms with van der Waals surface area (Å²) in [5, 5.41) is 0. The first-order valence-electron chi connectivity index (χ1n) is 10.3. The van der Waals surface area contributed by atoms with Gasteiger partial charge in [-0.1, -0.05) is 13.8 Å². The number of ketones is 1. The van der Waals surface area contributed by atoms with Crippen LogP contribution in [0.2, 0.25) is 0 Å². The molecule has 4 aliphatic carbocycles. The lowest BCUT2D eigenvalue weighted by molar-refractivity contribution is -0.150. The van der Waals surface area contributed by atoms with Crippen molar-refractivity contribution in [2.45, 2.75) is 65.3 Å². The van der Waals surface area contributed by atoms with Crippen molar-refractivity contribution < 1.29 is 27.3 Å². The van der Waals surface area contributed by atoms with Gasteiger partial charge in [-0.2, -0.15) is 8.42 Å². The molecule has 0 heterocycles. The molecule has 4 bridgehead atoms. The molecule has 0 amide bonds. The second-order valence-corrected chi connectivity index (χ2v) is 11.0. The Hall–Kier alpha value is -0.990. The van der Waals surface area contributed by atoms with Gasteiger partial charge in [-0.3, -0.25) is 14.1 Å². The summed E-state index contributed by atoms with van der Waals surface area (Å²) in [5.41, 5.74) is 4.87. The topological polar surface area (TPSA) is 124 Å². The molecule has 4 fully saturated rings. The predicted octanol–water partition coefficient (Wildman–Crippen LogP) is 2.19. The van der Waals surface area contributed by atoms with Crippen molar-refractivity contribution in [3.8, 4) is 0 Å². The minimum Gasteiger partial charge on any atom is -0.466 e. The average Bonchev–Trinajstić information content (AvgIpc) is 3.26. The fraction of sp³-hybridized carbons (Fsp3) is 0.900. The highest BCUT2D eigenvalue weighted by molar-refractivity contribution is 7.85. The molecular weight excluding hydrogens is 382 g/mol. The van der Waals surface area contributed by atoms with Gasteiger partial charge in [0, 0.05) is 12.5 Å². The summed E-state index contributed by atoms with van der Waals surface area (Å²) in [7, 11) is -4.08. The zero-order chi connectivity index (χ0) is 20.9. The SMILES string of the molecule is CC1(C)C2CC[C@@]1(CS(=O)(=O)O)C(=O)C2.CCOC(=O)[C@@H]1[C@H]2CC[C@@H](C2)[C@@H]1N. The first kappa shape index (κ1) is 21.7. The van der Waals surface area contributed by atoms with Gasteiger partial charge in [0.2, 0.25) is 0 Å². The number of carbonyl (C=O) groups is 2. The van der Waals surface area contributed by atoms with Gasteiger partial charge in [-0.25, -0.2) is 0 Å². The number of esters is 1. The van der Waals surface area contributed by atoms with Gasteiger partial charge in [0.25, 0.3) is 10.1 Å². The van der Waals surface area contributed by atoms with Gasteiger partial charge >= 0.3 is 5.97 Å². The Kier molecular flexibility index (Phi) is 5.71. The lowest BCUT2D eigenvalue weighted by Crippen LogP contribution is -2.42. The fourth-order valence-electron chi connectivity index (χ4n) is 6.34. The fourth-order valence-corrected chi connectivity index (χ4v) is 7.64. The first-order valence-corrected chi connectivity index (χ1v) is 11.9. The molecule has 4 saturated carbocycles. The van der Waals surface area contributed by atoms with Crippen LogP contribution in [0.3, 0.4) is 0 Å². The molecule has 0 aromatic heterocycles. The summed E-state index contributed by atoms with van der Waals surface area (Å²) in [6, 6.07) is 0.0674. The van der Waals surface area contributed by atoms with Crippen LogP contribution in [0.5, 0.6) is 0 Å². The zero-order valence-corrected chi connectivity index (χ0v) is 17.8. The minimum absolute atomic E-state index is 0.00120. The van der Waals surface area contributed by atoms with Crippen molar-refractivity contribution in [1.29, 1.82) is 0 Å². The maximum absolute atomic E-state index is 11.9. The Labute approximate surface area is 167 Å². The number of ether oxygens (including phenoxy) is 1. The predicted molar refractivity (Wildman–Crippen MR) is 104 cm³/mol. The van der Waals surface area contributed by atoms with Gasteiger partial charge in [0.05, 0.1) is 23.7 Å². The van der Waals surface area contributed by atoms with Crippen LogP contribution >= 0.6 is 0 Å². The molecule has 3 N–H and O–H groups in total. The number of Topliss-reactive ketones (excluding diaryl/α,β-unsaturated/α-hetero) is 1. The molecule has 0 aliphatic heterocycles. The lowest BCUT2D eigenvalue weighted by Gasteiger charge is -2.35. The number of nitrogens with two attached hydrogens (primary N) is 1. The average molecular weight is 416 g/mol. The van der Waals surface area contributed by atoms with E-state index in [1.54, 1.807) is 0 Å². The highest BCUT2D eigenvalue weighted by Crippen LogP contribution is 2.64. The van der Waals surface area contributed by atoms with Gasteiger partial charge < -0.3 is 10.5 Å². The third kappa shape index (κ3) is 3.52. The molecule has 0 aromatic carbocycles. The molecule has 0 spiro atoms. The Bertz CT molecular complexity index is 746. The molecule has 4 aliphatic rings. The molecule has 160 valence electrons. The van der Waals surface area contributed by atoms with Crippen LogP contribution in [-0.2, 0) is 24.4 Å². The molecule has 0 saturated heterocycles. The standard InChI is InChI=1S/C10H17NO2.C10H16O4S/c1-2-13-10(12)8-6-3-4-7(5-6)9(8)11;1-9(2)7-3-4-10(9,8(11)5-7)6-15(12,13)14/h6-9H,2-5,11H2,1H3;7H,3-6H2,1-2H3,(H,12,13,14)/t6-,7-,8+,9-;7?,10-/m01/s1. The largest absolute Gasteiger partial charge is 0.466 e. The molecule has 6 atom stereocenters. The maximum Gasteiger partial charge on any atom is 0.310 e. The molecule has 7 nitrogen and oxygen atoms in total. The number of fused-ring (bicyclic) bond motifs is 4. The van der Waals surface area contributed by atoms with E-state index in [1.807, 2.05) is 20.8 Å². The molecule has 0 radical (unpaired) electrons. The number of hydrogen-bond acceptors (Lipinski definition) is 6. The van der Waals surface area contributed by atoms with Crippen LogP contribution in [0.15, 0.2) is 0 Å². The van der Waals surface area contributed by atoms with Crippen LogP contribution in [0.25, 0.3) is 0 Å². The van der Waals surface area contributed by atoms with Crippen molar-refractivity contribution in [3.05, 3.63) is 0 Å². The van der Waals surface area contributed by atoms with E-state index in [0.29, 0.717) is 31.3 Å². The maximum atomic E-state index is 11.9. The monoisotopic (exact) mass is 415 g/mol. The minimum atomic E-state index is -4.08. The van der Waals surface area contributed by atoms with Crippen molar-refractivity contribution in [1.82, 2.24) is 0 Å². The van der Waals surface area contributed by atoms with Crippen LogP contribution in [-0.4, -0.2) is 43.1 Å². The highest BCUT2D eigenvalue weighted by atomic mass is 32.2. The quantitative estimate of drug-likeness (QED) is 0.533. The third-order valence-electron chi connectivity index (χ3n) is 8.11. The second kappa shape index (κ2) is 7.36. The van der Waals surface area contributed by atoms with E-state index in [9.17, 15) is 18.0 Å². The highest BCUT2D eigenvalue weighted by Gasteiger charge is 2.65. The molecular formula is C20H33NO6S. The van der Waals surface area contributed by atoms with Crippen LogP contribution in [0, 0.1) is 34.5 Å². The van der Waals surface area contributed by atoms with Crippen molar-refractivity contribution in [3.63, 3.8) is 0 Å². The van der Waals surface area contributed by atoms with Gasteiger partial charge in [-0.05, 0) is 62.2 Å². The summed E-state index contributed by atoms with van der Waals surface area (Å²) in [5.74, 6) is 0.926. The van der Waals surface area contributed by atoms with Crippen LogP contribution < -0.4 is 5.73 Å². The zero-order valence-electron chi connectivity index (χ0n) is 17.0. The smallest absolute Gasteiger partial charge is 0.310 e. The Morgan fingerprint density at radius 2 is 1.89 bits per heavy atom. The molecule has 28 heavy (non-hydrogen) atoms. The Morgan fingerprint density at radius 1 is 1.25 bits per heavy atom. The van der Waals surface area contributed by atoms with Gasteiger partial charge in [0.1, 0.15) is 5.78 Å². The third-order valence-corrected chi connectivity index (χ3v) is 8.96. The van der Waals surface area contributed by atoms with E-state index in [2.05, 4.69) is 0 Å². The lowest BCUT2D eigenvalue weighted by atomic mass is 9.70. The molecule has 1 unspecified atom stereocenters.